The molecule has 3 nitrogen and oxygen atoms in total. The van der Waals surface area contributed by atoms with Crippen LogP contribution in [0.3, 0.4) is 0 Å². The van der Waals surface area contributed by atoms with Crippen LogP contribution in [0.4, 0.5) is 4.39 Å². The first-order valence-corrected chi connectivity index (χ1v) is 8.09. The van der Waals surface area contributed by atoms with Crippen LogP contribution in [0.5, 0.6) is 0 Å². The molecule has 1 saturated heterocycles. The lowest BCUT2D eigenvalue weighted by atomic mass is 9.98. The molecular formula is C15H24FN3S. The predicted molar refractivity (Wildman–Crippen MR) is 83.3 cm³/mol. The maximum atomic E-state index is 12.9. The Morgan fingerprint density at radius 3 is 2.85 bits per heavy atom. The van der Waals surface area contributed by atoms with Crippen LogP contribution in [0.25, 0.3) is 0 Å². The van der Waals surface area contributed by atoms with E-state index in [1.165, 1.54) is 18.0 Å². The fraction of sp³-hybridized carbons (Fsp3) is 0.667. The molecule has 1 aliphatic rings. The highest BCUT2D eigenvalue weighted by atomic mass is 32.2. The van der Waals surface area contributed by atoms with Crippen molar-refractivity contribution in [1.29, 1.82) is 0 Å². The highest BCUT2D eigenvalue weighted by Gasteiger charge is 2.29. The summed E-state index contributed by atoms with van der Waals surface area (Å²) >= 11 is 2.03. The molecule has 0 aromatic carbocycles. The van der Waals surface area contributed by atoms with Gasteiger partial charge in [0.25, 0.3) is 0 Å². The van der Waals surface area contributed by atoms with Crippen LogP contribution in [-0.2, 0) is 0 Å². The number of nitrogens with zero attached hydrogens (tertiary/aromatic N) is 2. The normalized spacial score (nSPS) is 22.4. The van der Waals surface area contributed by atoms with Gasteiger partial charge in [0.05, 0.1) is 17.9 Å². The molecule has 2 rings (SSSR count). The third-order valence-electron chi connectivity index (χ3n) is 3.76. The summed E-state index contributed by atoms with van der Waals surface area (Å²) in [4.78, 5) is 6.58. The van der Waals surface area contributed by atoms with Crippen molar-refractivity contribution in [2.75, 3.05) is 25.4 Å². The number of thioether (sulfide) groups is 1. The highest BCUT2D eigenvalue weighted by Crippen LogP contribution is 2.30. The van der Waals surface area contributed by atoms with Gasteiger partial charge in [-0.2, -0.15) is 11.8 Å². The van der Waals surface area contributed by atoms with Crippen molar-refractivity contribution in [1.82, 2.24) is 9.88 Å². The Hall–Kier alpha value is -0.650. The molecule has 2 N–H and O–H groups in total. The van der Waals surface area contributed by atoms with Gasteiger partial charge in [-0.25, -0.2) is 4.39 Å². The summed E-state index contributed by atoms with van der Waals surface area (Å²) in [5.74, 6) is 1.15. The van der Waals surface area contributed by atoms with Gasteiger partial charge < -0.3 is 10.6 Å². The first-order chi connectivity index (χ1) is 9.37. The summed E-state index contributed by atoms with van der Waals surface area (Å²) in [7, 11) is 0. The number of rotatable bonds is 4. The number of nitrogens with two attached hydrogens (primary N) is 1. The second-order valence-corrected chi connectivity index (χ2v) is 8.05. The smallest absolute Gasteiger partial charge is 0.141 e. The van der Waals surface area contributed by atoms with Crippen molar-refractivity contribution in [3.05, 3.63) is 29.8 Å². The molecule has 1 fully saturated rings. The molecule has 2 atom stereocenters. The van der Waals surface area contributed by atoms with Crippen molar-refractivity contribution in [2.24, 2.45) is 11.7 Å². The van der Waals surface area contributed by atoms with Gasteiger partial charge in [0.1, 0.15) is 5.82 Å². The highest BCUT2D eigenvalue weighted by molar-refractivity contribution is 8.00. The van der Waals surface area contributed by atoms with Gasteiger partial charge in [0.2, 0.25) is 0 Å². The zero-order valence-corrected chi connectivity index (χ0v) is 13.3. The average molecular weight is 297 g/mol. The Kier molecular flexibility index (Phi) is 5.04. The minimum Gasteiger partial charge on any atom is -0.322 e. The van der Waals surface area contributed by atoms with E-state index in [2.05, 4.69) is 30.7 Å². The molecule has 2 heterocycles. The number of halogens is 1. The fourth-order valence-electron chi connectivity index (χ4n) is 2.67. The third-order valence-corrected chi connectivity index (χ3v) is 5.05. The Labute approximate surface area is 125 Å². The quantitative estimate of drug-likeness (QED) is 0.928. The molecule has 5 heteroatoms. The lowest BCUT2D eigenvalue weighted by Gasteiger charge is -2.39. The largest absolute Gasteiger partial charge is 0.322 e. The second-order valence-electron chi connectivity index (χ2n) is 6.25. The summed E-state index contributed by atoms with van der Waals surface area (Å²) in [6, 6.07) is 2.97. The first-order valence-electron chi connectivity index (χ1n) is 7.11. The molecule has 1 aliphatic heterocycles. The minimum absolute atomic E-state index is 0.145. The van der Waals surface area contributed by atoms with Crippen molar-refractivity contribution in [3.63, 3.8) is 0 Å². The molecule has 20 heavy (non-hydrogen) atoms. The van der Waals surface area contributed by atoms with Crippen molar-refractivity contribution in [3.8, 4) is 0 Å². The second kappa shape index (κ2) is 6.41. The van der Waals surface area contributed by atoms with E-state index in [1.807, 2.05) is 11.8 Å². The van der Waals surface area contributed by atoms with E-state index in [0.29, 0.717) is 10.7 Å². The number of hydrogen-bond donors (Lipinski definition) is 1. The summed E-state index contributed by atoms with van der Waals surface area (Å²) in [5, 5.41) is 0. The molecule has 0 aliphatic carbocycles. The predicted octanol–water partition coefficient (Wildman–Crippen LogP) is 2.68. The Balaban J connectivity index is 1.93. The van der Waals surface area contributed by atoms with Crippen LogP contribution < -0.4 is 5.73 Å². The Bertz CT molecular complexity index is 435. The molecule has 0 amide bonds. The Morgan fingerprint density at radius 1 is 1.50 bits per heavy atom. The molecule has 0 radical (unpaired) electrons. The lowest BCUT2D eigenvalue weighted by Crippen LogP contribution is -2.45. The first kappa shape index (κ1) is 15.7. The van der Waals surface area contributed by atoms with E-state index >= 15 is 0 Å². The van der Waals surface area contributed by atoms with Crippen molar-refractivity contribution < 1.29 is 4.39 Å². The number of pyridine rings is 1. The van der Waals surface area contributed by atoms with Gasteiger partial charge >= 0.3 is 0 Å². The molecular weight excluding hydrogens is 273 g/mol. The van der Waals surface area contributed by atoms with Crippen LogP contribution in [0.15, 0.2) is 18.3 Å². The Morgan fingerprint density at radius 2 is 2.25 bits per heavy atom. The van der Waals surface area contributed by atoms with Gasteiger partial charge in [-0.1, -0.05) is 6.92 Å². The van der Waals surface area contributed by atoms with Crippen molar-refractivity contribution >= 4 is 11.8 Å². The molecule has 0 spiro atoms. The summed E-state index contributed by atoms with van der Waals surface area (Å²) in [6.07, 6.45) is 1.24. The van der Waals surface area contributed by atoms with E-state index < -0.39 is 0 Å². The van der Waals surface area contributed by atoms with Gasteiger partial charge in [-0.3, -0.25) is 4.98 Å². The van der Waals surface area contributed by atoms with Crippen LogP contribution in [-0.4, -0.2) is 40.0 Å². The monoisotopic (exact) mass is 297 g/mol. The zero-order chi connectivity index (χ0) is 14.8. The summed E-state index contributed by atoms with van der Waals surface area (Å²) in [5.41, 5.74) is 7.02. The number of aromatic nitrogens is 1. The van der Waals surface area contributed by atoms with Crippen LogP contribution in [0.1, 0.15) is 32.5 Å². The molecule has 112 valence electrons. The fourth-order valence-corrected chi connectivity index (χ4v) is 3.84. The molecule has 1 aromatic rings. The molecule has 1 aromatic heterocycles. The SMILES string of the molecule is CC(CN1CCSC(C)(C)C1)C(N)c1ccc(F)cn1. The molecule has 2 unspecified atom stereocenters. The van der Waals surface area contributed by atoms with E-state index in [4.69, 9.17) is 5.73 Å². The zero-order valence-electron chi connectivity index (χ0n) is 12.5. The van der Waals surface area contributed by atoms with Gasteiger partial charge in [0, 0.05) is 30.1 Å². The summed E-state index contributed by atoms with van der Waals surface area (Å²) in [6.45, 7) is 9.88. The van der Waals surface area contributed by atoms with E-state index in [-0.39, 0.29) is 11.9 Å². The van der Waals surface area contributed by atoms with Gasteiger partial charge in [-0.05, 0) is 31.9 Å². The van der Waals surface area contributed by atoms with Crippen LogP contribution >= 0.6 is 11.8 Å². The van der Waals surface area contributed by atoms with Gasteiger partial charge in [0.15, 0.2) is 0 Å². The molecule has 0 bridgehead atoms. The van der Waals surface area contributed by atoms with E-state index in [9.17, 15) is 4.39 Å². The maximum absolute atomic E-state index is 12.9. The average Bonchev–Trinajstić information content (AvgIpc) is 2.37. The maximum Gasteiger partial charge on any atom is 0.141 e. The lowest BCUT2D eigenvalue weighted by molar-refractivity contribution is 0.212. The third kappa shape index (κ3) is 4.17. The topological polar surface area (TPSA) is 42.1 Å². The van der Waals surface area contributed by atoms with E-state index in [0.717, 1.165) is 25.3 Å². The summed E-state index contributed by atoms with van der Waals surface area (Å²) < 4.78 is 13.2. The van der Waals surface area contributed by atoms with E-state index in [1.54, 1.807) is 6.07 Å². The van der Waals surface area contributed by atoms with Crippen LogP contribution in [0, 0.1) is 11.7 Å². The molecule has 0 saturated carbocycles. The standard InChI is InChI=1S/C15H24FN3S/c1-11(9-19-6-7-20-15(2,3)10-19)14(17)13-5-4-12(16)8-18-13/h4-5,8,11,14H,6-7,9-10,17H2,1-3H3. The minimum atomic E-state index is -0.316. The van der Waals surface area contributed by atoms with Gasteiger partial charge in [-0.15, -0.1) is 0 Å². The number of hydrogen-bond acceptors (Lipinski definition) is 4. The van der Waals surface area contributed by atoms with Crippen LogP contribution in [0.2, 0.25) is 0 Å². The van der Waals surface area contributed by atoms with Crippen molar-refractivity contribution in [2.45, 2.75) is 31.6 Å².